The van der Waals surface area contributed by atoms with Gasteiger partial charge in [0, 0.05) is 27.3 Å². The number of halogens is 1. The lowest BCUT2D eigenvalue weighted by Gasteiger charge is -2.08. The van der Waals surface area contributed by atoms with Crippen LogP contribution in [0.15, 0.2) is 0 Å². The molecular weight excluding hydrogens is 234 g/mol. The number of alkyl halides is 1. The van der Waals surface area contributed by atoms with E-state index in [0.29, 0.717) is 0 Å². The number of ether oxygens (including phenoxy) is 1. The Labute approximate surface area is 76.8 Å². The summed E-state index contributed by atoms with van der Waals surface area (Å²) in [4.78, 5) is 18.2. The average Bonchev–Trinajstić information content (AvgIpc) is 2.02. The van der Waals surface area contributed by atoms with Crippen LogP contribution >= 0.6 is 15.9 Å². The highest BCUT2D eigenvalue weighted by Gasteiger charge is 2.29. The van der Waals surface area contributed by atoms with E-state index in [-0.39, 0.29) is 6.42 Å². The first-order chi connectivity index (χ1) is 5.49. The van der Waals surface area contributed by atoms with Gasteiger partial charge >= 0.3 is 10.9 Å². The number of aliphatic hydroxyl groups is 1. The molecule has 7 heteroatoms. The fourth-order valence-electron chi connectivity index (χ4n) is 0.360. The van der Waals surface area contributed by atoms with Gasteiger partial charge < -0.3 is 9.84 Å². The molecule has 70 valence electrons. The zero-order valence-corrected chi connectivity index (χ0v) is 7.85. The van der Waals surface area contributed by atoms with E-state index in [9.17, 15) is 14.9 Å². The highest BCUT2D eigenvalue weighted by Crippen LogP contribution is 2.05. The molecule has 0 radical (unpaired) electrons. The maximum Gasteiger partial charge on any atom is 0.395 e. The van der Waals surface area contributed by atoms with E-state index in [1.165, 1.54) is 0 Å². The molecule has 0 spiro atoms. The first-order valence-electron chi connectivity index (χ1n) is 3.15. The van der Waals surface area contributed by atoms with E-state index in [1.807, 2.05) is 0 Å². The van der Waals surface area contributed by atoms with Gasteiger partial charge in [-0.3, -0.25) is 10.1 Å². The van der Waals surface area contributed by atoms with Crippen molar-refractivity contribution in [2.24, 2.45) is 0 Å². The van der Waals surface area contributed by atoms with Crippen molar-refractivity contribution >= 4 is 21.9 Å². The van der Waals surface area contributed by atoms with Gasteiger partial charge in [-0.15, -0.1) is 0 Å². The third-order valence-electron chi connectivity index (χ3n) is 0.981. The van der Waals surface area contributed by atoms with Crippen LogP contribution in [0, 0.1) is 10.1 Å². The molecule has 0 amide bonds. The van der Waals surface area contributed by atoms with Crippen molar-refractivity contribution in [3.63, 3.8) is 0 Å². The van der Waals surface area contributed by atoms with E-state index < -0.39 is 22.1 Å². The molecule has 0 saturated carbocycles. The summed E-state index contributed by atoms with van der Waals surface area (Å²) >= 11 is 2.48. The van der Waals surface area contributed by atoms with Gasteiger partial charge in [0.05, 0.1) is 0 Å². The zero-order valence-electron chi connectivity index (χ0n) is 6.27. The van der Waals surface area contributed by atoms with Crippen molar-refractivity contribution in [3.05, 3.63) is 10.1 Å². The van der Waals surface area contributed by atoms with Gasteiger partial charge in [-0.2, -0.15) is 0 Å². The second-order valence-electron chi connectivity index (χ2n) is 1.92. The number of nitrogens with zero attached hydrogens (tertiary/aromatic N) is 1. The Morgan fingerprint density at radius 1 is 1.83 bits per heavy atom. The first kappa shape index (κ1) is 11.3. The first-order valence-corrected chi connectivity index (χ1v) is 4.06. The van der Waals surface area contributed by atoms with Gasteiger partial charge in [0.1, 0.15) is 0 Å². The summed E-state index contributed by atoms with van der Waals surface area (Å²) in [6.07, 6.45) is -1.08. The topological polar surface area (TPSA) is 89.7 Å². The van der Waals surface area contributed by atoms with Crippen LogP contribution in [-0.2, 0) is 9.53 Å². The number of hydrogen-bond donors (Lipinski definition) is 1. The Balaban J connectivity index is 3.95. The maximum absolute atomic E-state index is 10.7. The molecular formula is C5H8BrNO5. The van der Waals surface area contributed by atoms with Gasteiger partial charge in [0.15, 0.2) is 0 Å². The Hall–Kier alpha value is -0.690. The number of rotatable bonds is 4. The molecule has 6 nitrogen and oxygen atoms in total. The fraction of sp³-hybridized carbons (Fsp3) is 0.800. The molecule has 0 aromatic rings. The Morgan fingerprint density at radius 3 is 2.67 bits per heavy atom. The molecule has 0 aliphatic rings. The van der Waals surface area contributed by atoms with Crippen LogP contribution < -0.4 is 0 Å². The normalized spacial score (nSPS) is 14.9. The van der Waals surface area contributed by atoms with Crippen LogP contribution in [0.25, 0.3) is 0 Å². The maximum atomic E-state index is 10.7. The molecule has 0 fully saturated rings. The van der Waals surface area contributed by atoms with Crippen LogP contribution in [-0.4, -0.2) is 27.2 Å². The van der Waals surface area contributed by atoms with Gasteiger partial charge in [-0.1, -0.05) is 6.92 Å². The summed E-state index contributed by atoms with van der Waals surface area (Å²) < 4.78 is 4.25. The number of carbonyl (C=O) groups is 1. The highest BCUT2D eigenvalue weighted by atomic mass is 79.9. The van der Waals surface area contributed by atoms with Crippen molar-refractivity contribution < 1.29 is 19.6 Å². The van der Waals surface area contributed by atoms with E-state index in [2.05, 4.69) is 20.7 Å². The third kappa shape index (κ3) is 3.63. The lowest BCUT2D eigenvalue weighted by atomic mass is 10.5. The summed E-state index contributed by atoms with van der Waals surface area (Å²) in [5.74, 6) is -1.10. The lowest BCUT2D eigenvalue weighted by Crippen LogP contribution is -2.29. The van der Waals surface area contributed by atoms with E-state index in [0.717, 1.165) is 0 Å². The smallest absolute Gasteiger partial charge is 0.395 e. The van der Waals surface area contributed by atoms with E-state index >= 15 is 0 Å². The number of carbonyl (C=O) groups excluding carboxylic acids is 1. The molecule has 0 rings (SSSR count). The van der Waals surface area contributed by atoms with Gasteiger partial charge in [0.25, 0.3) is 0 Å². The number of aliphatic hydroxyl groups excluding tert-OH is 1. The molecule has 0 heterocycles. The summed E-state index contributed by atoms with van der Waals surface area (Å²) in [5.41, 5.74) is 0. The molecule has 0 bridgehead atoms. The summed E-state index contributed by atoms with van der Waals surface area (Å²) in [7, 11) is 0. The van der Waals surface area contributed by atoms with Crippen molar-refractivity contribution in [1.82, 2.24) is 0 Å². The second kappa shape index (κ2) is 5.04. The number of esters is 1. The van der Waals surface area contributed by atoms with Crippen LogP contribution in [0.4, 0.5) is 0 Å². The molecule has 2 unspecified atom stereocenters. The Kier molecular flexibility index (Phi) is 4.75. The molecule has 0 aromatic heterocycles. The lowest BCUT2D eigenvalue weighted by molar-refractivity contribution is -0.483. The predicted molar refractivity (Wildman–Crippen MR) is 42.1 cm³/mol. The summed E-state index contributed by atoms with van der Waals surface area (Å²) in [6, 6.07) is 0. The van der Waals surface area contributed by atoms with Crippen molar-refractivity contribution in [2.75, 3.05) is 0 Å². The zero-order chi connectivity index (χ0) is 9.72. The second-order valence-corrected chi connectivity index (χ2v) is 2.79. The Morgan fingerprint density at radius 2 is 2.33 bits per heavy atom. The fourth-order valence-corrected chi connectivity index (χ4v) is 0.468. The average molecular weight is 242 g/mol. The minimum absolute atomic E-state index is 0.198. The van der Waals surface area contributed by atoms with Gasteiger partial charge in [-0.25, -0.2) is 4.79 Å². The quantitative estimate of drug-likeness (QED) is 0.190. The third-order valence-corrected chi connectivity index (χ3v) is 1.69. The molecule has 2 atom stereocenters. The molecule has 0 aromatic carbocycles. The van der Waals surface area contributed by atoms with Crippen LogP contribution in [0.2, 0.25) is 0 Å². The van der Waals surface area contributed by atoms with Gasteiger partial charge in [-0.05, 0) is 0 Å². The van der Waals surface area contributed by atoms with Gasteiger partial charge in [0.2, 0.25) is 6.29 Å². The van der Waals surface area contributed by atoms with E-state index in [4.69, 9.17) is 5.11 Å². The van der Waals surface area contributed by atoms with E-state index in [1.54, 1.807) is 6.92 Å². The minimum atomic E-state index is -1.61. The SMILES string of the molecule is CCC(O)OC(=O)C(Br)[N+](=O)[O-]. The molecule has 0 aliphatic carbocycles. The largest absolute Gasteiger partial charge is 0.430 e. The number of nitro groups is 1. The minimum Gasteiger partial charge on any atom is -0.430 e. The molecule has 0 aliphatic heterocycles. The number of hydrogen-bond acceptors (Lipinski definition) is 5. The molecule has 12 heavy (non-hydrogen) atoms. The van der Waals surface area contributed by atoms with Crippen molar-refractivity contribution in [3.8, 4) is 0 Å². The van der Waals surface area contributed by atoms with Crippen LogP contribution in [0.1, 0.15) is 13.3 Å². The predicted octanol–water partition coefficient (Wildman–Crippen LogP) is 0.256. The van der Waals surface area contributed by atoms with Crippen LogP contribution in [0.5, 0.6) is 0 Å². The Bertz CT molecular complexity index is 185. The summed E-state index contributed by atoms with van der Waals surface area (Å²) in [5, 5.41) is 18.8. The van der Waals surface area contributed by atoms with Crippen molar-refractivity contribution in [1.29, 1.82) is 0 Å². The standard InChI is InChI=1S/C5H8BrNO5/c1-2-3(8)12-5(9)4(6)7(10)11/h3-4,8H,2H2,1H3. The molecule has 1 N–H and O–H groups in total. The van der Waals surface area contributed by atoms with Crippen molar-refractivity contribution in [2.45, 2.75) is 24.6 Å². The highest BCUT2D eigenvalue weighted by molar-refractivity contribution is 9.09. The monoisotopic (exact) mass is 241 g/mol. The van der Waals surface area contributed by atoms with Crippen LogP contribution in [0.3, 0.4) is 0 Å². The summed E-state index contributed by atoms with van der Waals surface area (Å²) in [6.45, 7) is 1.58. The molecule has 0 saturated heterocycles.